The molecule has 23 heavy (non-hydrogen) atoms. The van der Waals surface area contributed by atoms with Crippen LogP contribution in [0.4, 0.5) is 0 Å². The predicted molar refractivity (Wildman–Crippen MR) is 94.9 cm³/mol. The van der Waals surface area contributed by atoms with E-state index in [4.69, 9.17) is 16.1 Å². The summed E-state index contributed by atoms with van der Waals surface area (Å²) in [6.07, 6.45) is 7.00. The van der Waals surface area contributed by atoms with Gasteiger partial charge in [0.1, 0.15) is 11.5 Å². The molecule has 0 spiro atoms. The van der Waals surface area contributed by atoms with E-state index in [9.17, 15) is 0 Å². The van der Waals surface area contributed by atoms with E-state index in [0.29, 0.717) is 19.0 Å². The predicted octanol–water partition coefficient (Wildman–Crippen LogP) is 1.53. The summed E-state index contributed by atoms with van der Waals surface area (Å²) in [5.41, 5.74) is 1.18. The molecule has 0 aliphatic carbocycles. The summed E-state index contributed by atoms with van der Waals surface area (Å²) in [7, 11) is 4.04. The van der Waals surface area contributed by atoms with Gasteiger partial charge < -0.3 is 14.6 Å². The van der Waals surface area contributed by atoms with Crippen molar-refractivity contribution in [2.24, 2.45) is 4.99 Å². The van der Waals surface area contributed by atoms with Gasteiger partial charge in [-0.1, -0.05) is 5.92 Å². The smallest absolute Gasteiger partial charge is 0.205 e. The first kappa shape index (κ1) is 19.0. The lowest BCUT2D eigenvalue weighted by atomic mass is 10.3. The highest BCUT2D eigenvalue weighted by atomic mass is 32.2. The van der Waals surface area contributed by atoms with Gasteiger partial charge in [-0.3, -0.25) is 10.3 Å². The number of rotatable bonds is 8. The summed E-state index contributed by atoms with van der Waals surface area (Å²) in [5.74, 6) is 6.49. The van der Waals surface area contributed by atoms with Crippen LogP contribution in [0.2, 0.25) is 0 Å². The Morgan fingerprint density at radius 2 is 2.30 bits per heavy atom. The van der Waals surface area contributed by atoms with Crippen LogP contribution in [-0.4, -0.2) is 43.8 Å². The highest BCUT2D eigenvalue weighted by molar-refractivity contribution is 7.98. The molecule has 1 aromatic rings. The molecule has 0 saturated carbocycles. The van der Waals surface area contributed by atoms with E-state index >= 15 is 0 Å². The summed E-state index contributed by atoms with van der Waals surface area (Å²) in [6.45, 7) is 3.80. The molecule has 0 amide bonds. The number of hydrogen-bond donors (Lipinski definition) is 2. The number of nitrogens with zero attached hydrogens (tertiary/aromatic N) is 3. The third-order valence-electron chi connectivity index (χ3n) is 2.81. The molecule has 0 fully saturated rings. The van der Waals surface area contributed by atoms with E-state index in [1.54, 1.807) is 11.8 Å². The molecule has 124 valence electrons. The minimum absolute atomic E-state index is 0.334. The first-order chi connectivity index (χ1) is 11.1. The van der Waals surface area contributed by atoms with Gasteiger partial charge in [-0.25, -0.2) is 0 Å². The SMILES string of the molecule is C#CCNC(=NCCSCc1oc(CN(C)C)cc1C)NC#N. The molecule has 1 heterocycles. The van der Waals surface area contributed by atoms with Crippen LogP contribution in [0.5, 0.6) is 0 Å². The topological polar surface area (TPSA) is 76.6 Å². The normalized spacial score (nSPS) is 11.1. The summed E-state index contributed by atoms with van der Waals surface area (Å²) in [4.78, 5) is 6.35. The molecule has 1 rings (SSSR count). The van der Waals surface area contributed by atoms with Crippen LogP contribution in [0, 0.1) is 30.7 Å². The Balaban J connectivity index is 2.38. The van der Waals surface area contributed by atoms with Gasteiger partial charge in [0.15, 0.2) is 6.19 Å². The van der Waals surface area contributed by atoms with E-state index in [1.807, 2.05) is 20.3 Å². The fourth-order valence-electron chi connectivity index (χ4n) is 1.84. The Labute approximate surface area is 142 Å². The third kappa shape index (κ3) is 7.64. The van der Waals surface area contributed by atoms with Crippen LogP contribution in [-0.2, 0) is 12.3 Å². The molecule has 2 N–H and O–H groups in total. The van der Waals surface area contributed by atoms with Crippen molar-refractivity contribution in [2.45, 2.75) is 19.2 Å². The molecule has 0 saturated heterocycles. The summed E-state index contributed by atoms with van der Waals surface area (Å²) in [6, 6.07) is 2.09. The summed E-state index contributed by atoms with van der Waals surface area (Å²) >= 11 is 1.74. The fraction of sp³-hybridized carbons (Fsp3) is 0.500. The van der Waals surface area contributed by atoms with Gasteiger partial charge in [0, 0.05) is 5.75 Å². The average molecular weight is 333 g/mol. The highest BCUT2D eigenvalue weighted by Crippen LogP contribution is 2.20. The maximum atomic E-state index is 8.63. The van der Waals surface area contributed by atoms with Gasteiger partial charge in [-0.2, -0.15) is 17.0 Å². The minimum Gasteiger partial charge on any atom is -0.464 e. The number of aryl methyl sites for hydroxylation is 1. The number of hydrogen-bond acceptors (Lipinski definition) is 5. The average Bonchev–Trinajstić information content (AvgIpc) is 2.83. The second-order valence-corrected chi connectivity index (χ2v) is 6.24. The van der Waals surface area contributed by atoms with Gasteiger partial charge >= 0.3 is 0 Å². The Morgan fingerprint density at radius 1 is 1.52 bits per heavy atom. The van der Waals surface area contributed by atoms with Crippen molar-refractivity contribution in [3.63, 3.8) is 0 Å². The van der Waals surface area contributed by atoms with Gasteiger partial charge in [-0.15, -0.1) is 6.42 Å². The molecule has 0 bridgehead atoms. The zero-order valence-electron chi connectivity index (χ0n) is 13.8. The first-order valence-corrected chi connectivity index (χ1v) is 8.39. The van der Waals surface area contributed by atoms with Crippen molar-refractivity contribution in [2.75, 3.05) is 32.9 Å². The number of aliphatic imine (C=N–C) groups is 1. The van der Waals surface area contributed by atoms with Crippen molar-refractivity contribution >= 4 is 17.7 Å². The number of thioether (sulfide) groups is 1. The van der Waals surface area contributed by atoms with Gasteiger partial charge in [0.2, 0.25) is 5.96 Å². The molecular formula is C16H23N5OS. The minimum atomic E-state index is 0.334. The van der Waals surface area contributed by atoms with Crippen LogP contribution in [0.25, 0.3) is 0 Å². The first-order valence-electron chi connectivity index (χ1n) is 7.24. The van der Waals surface area contributed by atoms with Crippen molar-refractivity contribution in [3.8, 4) is 18.5 Å². The van der Waals surface area contributed by atoms with Crippen LogP contribution in [0.3, 0.4) is 0 Å². The number of terminal acetylenes is 1. The number of furan rings is 1. The van der Waals surface area contributed by atoms with E-state index in [-0.39, 0.29) is 0 Å². The molecule has 7 heteroatoms. The lowest BCUT2D eigenvalue weighted by Gasteiger charge is -2.06. The molecule has 0 aliphatic heterocycles. The second-order valence-electron chi connectivity index (χ2n) is 5.13. The summed E-state index contributed by atoms with van der Waals surface area (Å²) < 4.78 is 5.86. The van der Waals surface area contributed by atoms with E-state index in [1.165, 1.54) is 5.56 Å². The summed E-state index contributed by atoms with van der Waals surface area (Å²) in [5, 5.41) is 14.0. The maximum absolute atomic E-state index is 8.63. The van der Waals surface area contributed by atoms with Crippen LogP contribution >= 0.6 is 11.8 Å². The van der Waals surface area contributed by atoms with E-state index in [0.717, 1.165) is 29.6 Å². The third-order valence-corrected chi connectivity index (χ3v) is 3.75. The van der Waals surface area contributed by atoms with Gasteiger partial charge in [0.25, 0.3) is 0 Å². The molecule has 1 aromatic heterocycles. The van der Waals surface area contributed by atoms with Crippen molar-refractivity contribution in [1.29, 1.82) is 5.26 Å². The lowest BCUT2D eigenvalue weighted by molar-refractivity contribution is 0.344. The van der Waals surface area contributed by atoms with Crippen molar-refractivity contribution in [3.05, 3.63) is 23.2 Å². The quantitative estimate of drug-likeness (QED) is 0.188. The van der Waals surface area contributed by atoms with Gasteiger partial charge in [0.05, 0.1) is 25.4 Å². The monoisotopic (exact) mass is 333 g/mol. The zero-order valence-corrected chi connectivity index (χ0v) is 14.7. The highest BCUT2D eigenvalue weighted by Gasteiger charge is 2.08. The van der Waals surface area contributed by atoms with E-state index < -0.39 is 0 Å². The second kappa shape index (κ2) is 10.6. The Morgan fingerprint density at radius 3 is 2.96 bits per heavy atom. The zero-order chi connectivity index (χ0) is 17.1. The molecule has 0 radical (unpaired) electrons. The number of guanidine groups is 1. The molecule has 0 atom stereocenters. The van der Waals surface area contributed by atoms with Crippen LogP contribution in [0.15, 0.2) is 15.5 Å². The van der Waals surface area contributed by atoms with E-state index in [2.05, 4.69) is 39.4 Å². The molecule has 6 nitrogen and oxygen atoms in total. The largest absolute Gasteiger partial charge is 0.464 e. The molecular weight excluding hydrogens is 310 g/mol. The fourth-order valence-corrected chi connectivity index (χ4v) is 2.67. The van der Waals surface area contributed by atoms with Crippen LogP contribution in [0.1, 0.15) is 17.1 Å². The Hall–Kier alpha value is -2.09. The number of nitrogens with one attached hydrogen (secondary N) is 2. The molecule has 0 unspecified atom stereocenters. The van der Waals surface area contributed by atoms with Crippen molar-refractivity contribution < 1.29 is 4.42 Å². The molecule has 0 aromatic carbocycles. The Kier molecular flexibility index (Phi) is 8.74. The van der Waals surface area contributed by atoms with Crippen molar-refractivity contribution in [1.82, 2.24) is 15.5 Å². The van der Waals surface area contributed by atoms with Gasteiger partial charge in [-0.05, 0) is 32.6 Å². The Bertz CT molecular complexity index is 595. The lowest BCUT2D eigenvalue weighted by Crippen LogP contribution is -2.34. The maximum Gasteiger partial charge on any atom is 0.205 e. The molecule has 0 aliphatic rings. The standard InChI is InChI=1S/C16H23N5OS/c1-5-6-18-16(20-12-17)19-7-8-23-11-15-13(2)9-14(22-15)10-21(3)4/h1,9H,6-8,10-11H2,2-4H3,(H2,18,19,20). The van der Waals surface area contributed by atoms with Crippen LogP contribution < -0.4 is 10.6 Å². The number of nitriles is 1.